The molecule has 0 unspecified atom stereocenters. The predicted molar refractivity (Wildman–Crippen MR) is 115 cm³/mol. The van der Waals surface area contributed by atoms with Gasteiger partial charge in [-0.05, 0) is 31.9 Å². The number of carbonyl (C=O) groups is 1. The molecule has 2 aliphatic rings. The van der Waals surface area contributed by atoms with E-state index in [0.717, 1.165) is 30.5 Å². The summed E-state index contributed by atoms with van der Waals surface area (Å²) in [6.45, 7) is 6.82. The highest BCUT2D eigenvalue weighted by molar-refractivity contribution is 5.78. The van der Waals surface area contributed by atoms with Crippen molar-refractivity contribution in [3.05, 3.63) is 36.0 Å². The van der Waals surface area contributed by atoms with Gasteiger partial charge in [-0.3, -0.25) is 4.79 Å². The van der Waals surface area contributed by atoms with Crippen molar-refractivity contribution in [2.45, 2.75) is 19.8 Å². The largest absolute Gasteiger partial charge is 0.493 e. The fraction of sp³-hybridized carbons (Fsp3) is 0.500. The number of hydrogen-bond acceptors (Lipinski definition) is 7. The zero-order chi connectivity index (χ0) is 20.9. The first-order valence-electron chi connectivity index (χ1n) is 10.5. The lowest BCUT2D eigenvalue weighted by molar-refractivity contribution is -0.133. The third-order valence-corrected chi connectivity index (χ3v) is 5.59. The number of methoxy groups -OCH3 is 1. The zero-order valence-corrected chi connectivity index (χ0v) is 17.7. The monoisotopic (exact) mass is 411 g/mol. The summed E-state index contributed by atoms with van der Waals surface area (Å²) < 4.78 is 11.0. The second-order valence-corrected chi connectivity index (χ2v) is 7.67. The smallest absolute Gasteiger partial charge is 0.260 e. The van der Waals surface area contributed by atoms with Crippen LogP contribution in [0.25, 0.3) is 0 Å². The van der Waals surface area contributed by atoms with Gasteiger partial charge in [-0.15, -0.1) is 0 Å². The Bertz CT molecular complexity index is 877. The molecule has 0 bridgehead atoms. The lowest BCUT2D eigenvalue weighted by Crippen LogP contribution is -2.50. The summed E-state index contributed by atoms with van der Waals surface area (Å²) in [7, 11) is 1.59. The van der Waals surface area contributed by atoms with Gasteiger partial charge in [0.05, 0.1) is 7.11 Å². The van der Waals surface area contributed by atoms with Gasteiger partial charge in [-0.1, -0.05) is 12.1 Å². The average Bonchev–Trinajstić information content (AvgIpc) is 3.32. The standard InChI is InChI=1S/C22H29N5O3/c1-17-15-20(25-9-5-6-10-25)24-22(23-17)27-13-11-26(12-14-27)21(28)16-30-19-8-4-3-7-18(19)29-2/h3-4,7-8,15H,5-6,9-14,16H2,1-2H3. The van der Waals surface area contributed by atoms with E-state index in [2.05, 4.69) is 20.9 Å². The first-order chi connectivity index (χ1) is 14.6. The van der Waals surface area contributed by atoms with E-state index in [1.54, 1.807) is 13.2 Å². The summed E-state index contributed by atoms with van der Waals surface area (Å²) in [5, 5.41) is 0. The Morgan fingerprint density at radius 2 is 1.67 bits per heavy atom. The number of ether oxygens (including phenoxy) is 2. The molecule has 4 rings (SSSR count). The molecular formula is C22H29N5O3. The second-order valence-electron chi connectivity index (χ2n) is 7.67. The first kappa shape index (κ1) is 20.3. The fourth-order valence-electron chi connectivity index (χ4n) is 3.91. The minimum Gasteiger partial charge on any atom is -0.493 e. The van der Waals surface area contributed by atoms with E-state index in [1.807, 2.05) is 30.0 Å². The zero-order valence-electron chi connectivity index (χ0n) is 17.7. The number of amides is 1. The molecule has 1 aromatic heterocycles. The maximum Gasteiger partial charge on any atom is 0.260 e. The van der Waals surface area contributed by atoms with Crippen LogP contribution in [0.15, 0.2) is 30.3 Å². The van der Waals surface area contributed by atoms with Gasteiger partial charge in [0.2, 0.25) is 5.95 Å². The van der Waals surface area contributed by atoms with Crippen LogP contribution in [-0.2, 0) is 4.79 Å². The van der Waals surface area contributed by atoms with Crippen LogP contribution >= 0.6 is 0 Å². The number of hydrogen-bond donors (Lipinski definition) is 0. The number of nitrogens with zero attached hydrogens (tertiary/aromatic N) is 5. The van der Waals surface area contributed by atoms with Crippen molar-refractivity contribution in [1.29, 1.82) is 0 Å². The van der Waals surface area contributed by atoms with Crippen LogP contribution in [-0.4, -0.2) is 73.8 Å². The lowest BCUT2D eigenvalue weighted by Gasteiger charge is -2.35. The molecule has 30 heavy (non-hydrogen) atoms. The molecule has 1 aromatic carbocycles. The molecule has 0 N–H and O–H groups in total. The van der Waals surface area contributed by atoms with Crippen molar-refractivity contribution in [2.75, 3.05) is 62.8 Å². The summed E-state index contributed by atoms with van der Waals surface area (Å²) >= 11 is 0. The number of carbonyl (C=O) groups excluding carboxylic acids is 1. The van der Waals surface area contributed by atoms with Gasteiger partial charge in [-0.2, -0.15) is 4.98 Å². The third kappa shape index (κ3) is 4.58. The molecule has 2 aliphatic heterocycles. The van der Waals surface area contributed by atoms with Crippen molar-refractivity contribution in [2.24, 2.45) is 0 Å². The molecule has 2 aromatic rings. The fourth-order valence-corrected chi connectivity index (χ4v) is 3.91. The highest BCUT2D eigenvalue weighted by Crippen LogP contribution is 2.26. The van der Waals surface area contributed by atoms with Crippen molar-refractivity contribution < 1.29 is 14.3 Å². The molecule has 0 radical (unpaired) electrons. The van der Waals surface area contributed by atoms with Gasteiger partial charge < -0.3 is 24.2 Å². The number of rotatable bonds is 6. The summed E-state index contributed by atoms with van der Waals surface area (Å²) in [5.41, 5.74) is 0.977. The number of benzene rings is 1. The average molecular weight is 412 g/mol. The Balaban J connectivity index is 1.33. The highest BCUT2D eigenvalue weighted by Gasteiger charge is 2.24. The summed E-state index contributed by atoms with van der Waals surface area (Å²) in [6, 6.07) is 9.41. The minimum absolute atomic E-state index is 0.000423. The molecular weight excluding hydrogens is 382 g/mol. The summed E-state index contributed by atoms with van der Waals surface area (Å²) in [4.78, 5) is 28.4. The van der Waals surface area contributed by atoms with Crippen LogP contribution in [0, 0.1) is 6.92 Å². The number of aromatic nitrogens is 2. The van der Waals surface area contributed by atoms with E-state index >= 15 is 0 Å². The number of aryl methyl sites for hydroxylation is 1. The Kier molecular flexibility index (Phi) is 6.21. The van der Waals surface area contributed by atoms with Gasteiger partial charge in [0.15, 0.2) is 18.1 Å². The van der Waals surface area contributed by atoms with Gasteiger partial charge in [0.25, 0.3) is 5.91 Å². The first-order valence-corrected chi connectivity index (χ1v) is 10.5. The summed E-state index contributed by atoms with van der Waals surface area (Å²) in [6.07, 6.45) is 2.44. The Morgan fingerprint density at radius 3 is 2.37 bits per heavy atom. The predicted octanol–water partition coefficient (Wildman–Crippen LogP) is 2.12. The Morgan fingerprint density at radius 1 is 0.967 bits per heavy atom. The van der Waals surface area contributed by atoms with Crippen molar-refractivity contribution >= 4 is 17.7 Å². The SMILES string of the molecule is COc1ccccc1OCC(=O)N1CCN(c2nc(C)cc(N3CCCC3)n2)CC1. The topological polar surface area (TPSA) is 71.0 Å². The summed E-state index contributed by atoms with van der Waals surface area (Å²) in [5.74, 6) is 2.95. The van der Waals surface area contributed by atoms with E-state index in [9.17, 15) is 4.79 Å². The molecule has 2 saturated heterocycles. The molecule has 0 aliphatic carbocycles. The van der Waals surface area contributed by atoms with Crippen LogP contribution < -0.4 is 19.3 Å². The highest BCUT2D eigenvalue weighted by atomic mass is 16.5. The lowest BCUT2D eigenvalue weighted by atomic mass is 10.3. The molecule has 0 saturated carbocycles. The number of piperazine rings is 1. The number of anilines is 2. The van der Waals surface area contributed by atoms with Crippen LogP contribution in [0.3, 0.4) is 0 Å². The van der Waals surface area contributed by atoms with E-state index < -0.39 is 0 Å². The van der Waals surface area contributed by atoms with E-state index in [-0.39, 0.29) is 12.5 Å². The normalized spacial score (nSPS) is 16.7. The van der Waals surface area contributed by atoms with E-state index in [4.69, 9.17) is 14.5 Å². The van der Waals surface area contributed by atoms with E-state index in [0.29, 0.717) is 37.7 Å². The van der Waals surface area contributed by atoms with Crippen LogP contribution in [0.2, 0.25) is 0 Å². The maximum absolute atomic E-state index is 12.6. The van der Waals surface area contributed by atoms with Crippen LogP contribution in [0.1, 0.15) is 18.5 Å². The molecule has 8 heteroatoms. The van der Waals surface area contributed by atoms with Gasteiger partial charge in [-0.25, -0.2) is 4.98 Å². The Labute approximate surface area is 177 Å². The minimum atomic E-state index is -0.0246. The van der Waals surface area contributed by atoms with Crippen LogP contribution in [0.5, 0.6) is 11.5 Å². The van der Waals surface area contributed by atoms with Crippen molar-refractivity contribution in [3.8, 4) is 11.5 Å². The number of para-hydroxylation sites is 2. The molecule has 8 nitrogen and oxygen atoms in total. The molecule has 3 heterocycles. The van der Waals surface area contributed by atoms with E-state index in [1.165, 1.54) is 12.8 Å². The van der Waals surface area contributed by atoms with Crippen molar-refractivity contribution in [1.82, 2.24) is 14.9 Å². The van der Waals surface area contributed by atoms with Gasteiger partial charge in [0, 0.05) is 51.0 Å². The quantitative estimate of drug-likeness (QED) is 0.721. The maximum atomic E-state index is 12.6. The molecule has 0 atom stereocenters. The molecule has 1 amide bonds. The second kappa shape index (κ2) is 9.19. The van der Waals surface area contributed by atoms with Gasteiger partial charge >= 0.3 is 0 Å². The molecule has 2 fully saturated rings. The van der Waals surface area contributed by atoms with Gasteiger partial charge in [0.1, 0.15) is 5.82 Å². The molecule has 0 spiro atoms. The van der Waals surface area contributed by atoms with Crippen LogP contribution in [0.4, 0.5) is 11.8 Å². The molecule has 160 valence electrons. The Hall–Kier alpha value is -3.03. The third-order valence-electron chi connectivity index (χ3n) is 5.59. The van der Waals surface area contributed by atoms with Crippen molar-refractivity contribution in [3.63, 3.8) is 0 Å².